The van der Waals surface area contributed by atoms with Crippen LogP contribution in [-0.2, 0) is 9.59 Å². The predicted molar refractivity (Wildman–Crippen MR) is 200 cm³/mol. The number of carbonyl (C=O) groups is 3. The molecule has 0 saturated carbocycles. The van der Waals surface area contributed by atoms with Crippen LogP contribution in [0.4, 0.5) is 10.8 Å². The smallest absolute Gasteiger partial charge is 0.272 e. The van der Waals surface area contributed by atoms with Gasteiger partial charge < -0.3 is 20.9 Å². The van der Waals surface area contributed by atoms with Gasteiger partial charge in [0, 0.05) is 49.8 Å². The van der Waals surface area contributed by atoms with E-state index in [2.05, 4.69) is 50.2 Å². The second-order valence-electron chi connectivity index (χ2n) is 11.1. The van der Waals surface area contributed by atoms with Crippen molar-refractivity contribution >= 4 is 79.4 Å². The summed E-state index contributed by atoms with van der Waals surface area (Å²) in [6.07, 6.45) is 3.45. The lowest BCUT2D eigenvalue weighted by Crippen LogP contribution is -2.30. The number of thioether (sulfide) groups is 1. The number of aromatic nitrogens is 2. The molecule has 0 radical (unpaired) electrons. The summed E-state index contributed by atoms with van der Waals surface area (Å²) in [5, 5.41) is 14.3. The Hall–Kier alpha value is -5.97. The molecule has 0 aliphatic heterocycles. The Bertz CT molecular complexity index is 2350. The Balaban J connectivity index is 1.01. The Morgan fingerprint density at radius 1 is 0.796 bits per heavy atom. The lowest BCUT2D eigenvalue weighted by atomic mass is 10.1. The van der Waals surface area contributed by atoms with E-state index < -0.39 is 11.8 Å². The highest BCUT2D eigenvalue weighted by atomic mass is 32.2. The second-order valence-corrected chi connectivity index (χ2v) is 13.0. The van der Waals surface area contributed by atoms with Crippen LogP contribution in [0.15, 0.2) is 143 Å². The van der Waals surface area contributed by atoms with Crippen molar-refractivity contribution < 1.29 is 14.4 Å². The van der Waals surface area contributed by atoms with Crippen LogP contribution < -0.4 is 16.0 Å². The SMILES string of the molecule is O=C(CSc1cccc(NC(=O)/C(=C/c2c[nH]c3ccccc23)NC(=O)c2ccccc2)c1)Nc1nc(-c2ccc3ccccc3c2)cs1. The van der Waals surface area contributed by atoms with Gasteiger partial charge >= 0.3 is 0 Å². The standard InChI is InChI=1S/C39H29N5O3S2/c45-36(44-39-43-35(23-49-39)28-18-17-25-9-4-5-12-27(25)19-28)24-48-31-14-8-13-30(21-31)41-38(47)34(42-37(46)26-10-2-1-3-11-26)20-29-22-40-33-16-7-6-15-32(29)33/h1-23,40H,24H2,(H,41,47)(H,42,46)(H,43,44,45)/b34-20-. The Labute approximate surface area is 290 Å². The first-order valence-corrected chi connectivity index (χ1v) is 17.3. The first-order valence-electron chi connectivity index (χ1n) is 15.4. The van der Waals surface area contributed by atoms with E-state index in [1.54, 1.807) is 54.7 Å². The van der Waals surface area contributed by atoms with Crippen LogP contribution in [-0.4, -0.2) is 33.4 Å². The highest BCUT2D eigenvalue weighted by molar-refractivity contribution is 8.00. The Morgan fingerprint density at radius 3 is 2.47 bits per heavy atom. The summed E-state index contributed by atoms with van der Waals surface area (Å²) in [5.74, 6) is -0.921. The third-order valence-corrected chi connectivity index (χ3v) is 9.46. The van der Waals surface area contributed by atoms with Gasteiger partial charge in [0.25, 0.3) is 11.8 Å². The normalized spacial score (nSPS) is 11.4. The number of rotatable bonds is 10. The summed E-state index contributed by atoms with van der Waals surface area (Å²) in [5.41, 5.74) is 4.50. The van der Waals surface area contributed by atoms with Gasteiger partial charge in [-0.1, -0.05) is 78.9 Å². The fraction of sp³-hybridized carbons (Fsp3) is 0.0256. The molecule has 0 atom stereocenters. The van der Waals surface area contributed by atoms with Crippen molar-refractivity contribution in [2.24, 2.45) is 0 Å². The first-order chi connectivity index (χ1) is 24.0. The minimum Gasteiger partial charge on any atom is -0.361 e. The number of thiazole rings is 1. The van der Waals surface area contributed by atoms with E-state index in [1.165, 1.54) is 23.1 Å². The summed E-state index contributed by atoms with van der Waals surface area (Å²) < 4.78 is 0. The van der Waals surface area contributed by atoms with E-state index in [0.29, 0.717) is 16.4 Å². The molecule has 0 bridgehead atoms. The molecule has 0 fully saturated rings. The number of aromatic amines is 1. The lowest BCUT2D eigenvalue weighted by Gasteiger charge is -2.12. The topological polar surface area (TPSA) is 116 Å². The number of amides is 3. The van der Waals surface area contributed by atoms with Crippen molar-refractivity contribution in [1.29, 1.82) is 0 Å². The van der Waals surface area contributed by atoms with Crippen LogP contribution >= 0.6 is 23.1 Å². The maximum Gasteiger partial charge on any atom is 0.272 e. The fourth-order valence-corrected chi connectivity index (χ4v) is 6.78. The zero-order chi connectivity index (χ0) is 33.6. The molecule has 3 amide bonds. The molecule has 0 unspecified atom stereocenters. The van der Waals surface area contributed by atoms with Gasteiger partial charge in [-0.3, -0.25) is 14.4 Å². The number of anilines is 2. The van der Waals surface area contributed by atoms with Crippen LogP contribution in [0, 0.1) is 0 Å². The van der Waals surface area contributed by atoms with E-state index in [1.807, 2.05) is 60.0 Å². The van der Waals surface area contributed by atoms with Crippen LogP contribution in [0.25, 0.3) is 39.0 Å². The number of carbonyl (C=O) groups excluding carboxylic acids is 3. The second kappa shape index (κ2) is 14.4. The molecule has 5 aromatic carbocycles. The predicted octanol–water partition coefficient (Wildman–Crippen LogP) is 8.59. The molecule has 7 rings (SSSR count). The summed E-state index contributed by atoms with van der Waals surface area (Å²) in [7, 11) is 0. The summed E-state index contributed by atoms with van der Waals surface area (Å²) in [4.78, 5) is 48.1. The van der Waals surface area contributed by atoms with E-state index >= 15 is 0 Å². The molecular formula is C39H29N5O3S2. The number of hydrogen-bond donors (Lipinski definition) is 4. The Kier molecular flexibility index (Phi) is 9.31. The summed E-state index contributed by atoms with van der Waals surface area (Å²) >= 11 is 2.72. The van der Waals surface area contributed by atoms with Gasteiger partial charge in [-0.15, -0.1) is 23.1 Å². The van der Waals surface area contributed by atoms with Crippen molar-refractivity contribution in [2.45, 2.75) is 4.90 Å². The first kappa shape index (κ1) is 31.6. The van der Waals surface area contributed by atoms with Gasteiger partial charge in [0.05, 0.1) is 11.4 Å². The van der Waals surface area contributed by atoms with Crippen LogP contribution in [0.3, 0.4) is 0 Å². The maximum atomic E-state index is 13.6. The van der Waals surface area contributed by atoms with Crippen molar-refractivity contribution in [3.63, 3.8) is 0 Å². The minimum absolute atomic E-state index is 0.0857. The average molecular weight is 680 g/mol. The highest BCUT2D eigenvalue weighted by Gasteiger charge is 2.17. The van der Waals surface area contributed by atoms with E-state index in [0.717, 1.165) is 43.4 Å². The van der Waals surface area contributed by atoms with Gasteiger partial charge in [0.2, 0.25) is 5.91 Å². The highest BCUT2D eigenvalue weighted by Crippen LogP contribution is 2.29. The molecule has 49 heavy (non-hydrogen) atoms. The molecular weight excluding hydrogens is 651 g/mol. The van der Waals surface area contributed by atoms with Gasteiger partial charge in [0.1, 0.15) is 5.70 Å². The van der Waals surface area contributed by atoms with E-state index in [9.17, 15) is 14.4 Å². The van der Waals surface area contributed by atoms with Crippen molar-refractivity contribution in [3.05, 3.63) is 150 Å². The molecule has 0 saturated heterocycles. The largest absolute Gasteiger partial charge is 0.361 e. The quantitative estimate of drug-likeness (QED) is 0.0854. The molecule has 0 spiro atoms. The third kappa shape index (κ3) is 7.62. The molecule has 0 aliphatic carbocycles. The molecule has 240 valence electrons. The van der Waals surface area contributed by atoms with E-state index in [4.69, 9.17) is 0 Å². The van der Waals surface area contributed by atoms with Crippen molar-refractivity contribution in [1.82, 2.24) is 15.3 Å². The number of para-hydroxylation sites is 1. The molecule has 0 aliphatic rings. The number of benzene rings is 5. The fourth-order valence-electron chi connectivity index (χ4n) is 5.29. The van der Waals surface area contributed by atoms with E-state index in [-0.39, 0.29) is 17.4 Å². The van der Waals surface area contributed by atoms with Crippen LogP contribution in [0.2, 0.25) is 0 Å². The number of nitrogens with zero attached hydrogens (tertiary/aromatic N) is 1. The molecule has 7 aromatic rings. The molecule has 2 heterocycles. The van der Waals surface area contributed by atoms with Gasteiger partial charge in [0.15, 0.2) is 5.13 Å². The maximum absolute atomic E-state index is 13.6. The average Bonchev–Trinajstić information content (AvgIpc) is 3.78. The van der Waals surface area contributed by atoms with Crippen molar-refractivity contribution in [3.8, 4) is 11.3 Å². The van der Waals surface area contributed by atoms with Gasteiger partial charge in [-0.25, -0.2) is 4.98 Å². The van der Waals surface area contributed by atoms with Gasteiger partial charge in [-0.05, 0) is 59.3 Å². The van der Waals surface area contributed by atoms with Crippen molar-refractivity contribution in [2.75, 3.05) is 16.4 Å². The zero-order valence-corrected chi connectivity index (χ0v) is 27.6. The van der Waals surface area contributed by atoms with Crippen LogP contribution in [0.1, 0.15) is 15.9 Å². The number of H-pyrrole nitrogens is 1. The molecule has 10 heteroatoms. The lowest BCUT2D eigenvalue weighted by molar-refractivity contribution is -0.114. The van der Waals surface area contributed by atoms with Crippen LogP contribution in [0.5, 0.6) is 0 Å². The molecule has 4 N–H and O–H groups in total. The number of fused-ring (bicyclic) bond motifs is 2. The minimum atomic E-state index is -0.486. The number of nitrogens with one attached hydrogen (secondary N) is 4. The Morgan fingerprint density at radius 2 is 1.59 bits per heavy atom. The monoisotopic (exact) mass is 679 g/mol. The summed E-state index contributed by atoms with van der Waals surface area (Å²) in [6.45, 7) is 0. The summed E-state index contributed by atoms with van der Waals surface area (Å²) in [6, 6.07) is 38.0. The third-order valence-electron chi connectivity index (χ3n) is 7.71. The number of hydrogen-bond acceptors (Lipinski definition) is 6. The molecule has 2 aromatic heterocycles. The van der Waals surface area contributed by atoms with Gasteiger partial charge in [-0.2, -0.15) is 0 Å². The zero-order valence-electron chi connectivity index (χ0n) is 26.0. The molecule has 8 nitrogen and oxygen atoms in total.